The summed E-state index contributed by atoms with van der Waals surface area (Å²) >= 11 is 3.48. The zero-order valence-corrected chi connectivity index (χ0v) is 11.4. The molecule has 1 N–H and O–H groups in total. The lowest BCUT2D eigenvalue weighted by Crippen LogP contribution is -2.10. The van der Waals surface area contributed by atoms with Crippen molar-refractivity contribution in [2.24, 2.45) is 0 Å². The van der Waals surface area contributed by atoms with Crippen molar-refractivity contribution in [3.63, 3.8) is 0 Å². The van der Waals surface area contributed by atoms with E-state index in [0.717, 1.165) is 15.8 Å². The molecule has 0 unspecified atom stereocenters. The van der Waals surface area contributed by atoms with Crippen molar-refractivity contribution in [2.45, 2.75) is 0 Å². The second kappa shape index (κ2) is 5.23. The molecule has 0 aromatic heterocycles. The van der Waals surface area contributed by atoms with Gasteiger partial charge in [-0.1, -0.05) is 18.2 Å². The molecule has 2 rings (SSSR count). The predicted octanol–water partition coefficient (Wildman–Crippen LogP) is 3.92. The summed E-state index contributed by atoms with van der Waals surface area (Å²) in [6.07, 6.45) is 0. The van der Waals surface area contributed by atoms with Crippen LogP contribution in [0.1, 0.15) is 10.4 Å². The molecule has 0 aliphatic carbocycles. The molecule has 0 saturated carbocycles. The highest BCUT2D eigenvalue weighted by Crippen LogP contribution is 2.30. The molecule has 0 saturated heterocycles. The van der Waals surface area contributed by atoms with Crippen LogP contribution >= 0.6 is 15.9 Å². The standard InChI is InChI=1S/C14H12BrNO2/c1-16(13-8-3-2-7-12(13)15)11-6-4-5-10(9-11)14(17)18/h2-9H,1H3,(H,17,18). The molecule has 3 nitrogen and oxygen atoms in total. The summed E-state index contributed by atoms with van der Waals surface area (Å²) in [6, 6.07) is 14.7. The Labute approximate surface area is 114 Å². The maximum atomic E-state index is 11.0. The van der Waals surface area contributed by atoms with Crippen LogP contribution in [-0.4, -0.2) is 18.1 Å². The maximum absolute atomic E-state index is 11.0. The Morgan fingerprint density at radius 2 is 1.89 bits per heavy atom. The minimum absolute atomic E-state index is 0.284. The van der Waals surface area contributed by atoms with Gasteiger partial charge in [0, 0.05) is 17.2 Å². The average molecular weight is 306 g/mol. The summed E-state index contributed by atoms with van der Waals surface area (Å²) in [5.74, 6) is -0.919. The third-order valence-corrected chi connectivity index (χ3v) is 3.36. The van der Waals surface area contributed by atoms with E-state index in [1.54, 1.807) is 18.2 Å². The van der Waals surface area contributed by atoms with E-state index in [2.05, 4.69) is 15.9 Å². The Hall–Kier alpha value is -1.81. The molecule has 0 heterocycles. The number of aromatic carboxylic acids is 1. The van der Waals surface area contributed by atoms with Gasteiger partial charge in [0.15, 0.2) is 0 Å². The van der Waals surface area contributed by atoms with Gasteiger partial charge in [-0.3, -0.25) is 0 Å². The summed E-state index contributed by atoms with van der Waals surface area (Å²) < 4.78 is 0.966. The van der Waals surface area contributed by atoms with Gasteiger partial charge < -0.3 is 10.0 Å². The van der Waals surface area contributed by atoms with Gasteiger partial charge in [-0.05, 0) is 46.3 Å². The highest BCUT2D eigenvalue weighted by molar-refractivity contribution is 9.10. The Bertz CT molecular complexity index is 584. The number of carbonyl (C=O) groups is 1. The first-order valence-corrected chi connectivity index (χ1v) is 6.20. The van der Waals surface area contributed by atoms with Gasteiger partial charge in [-0.2, -0.15) is 0 Å². The lowest BCUT2D eigenvalue weighted by atomic mass is 10.2. The molecule has 92 valence electrons. The second-order valence-corrected chi connectivity index (χ2v) is 4.72. The quantitative estimate of drug-likeness (QED) is 0.934. The van der Waals surface area contributed by atoms with Gasteiger partial charge in [0.05, 0.1) is 11.3 Å². The van der Waals surface area contributed by atoms with Crippen LogP contribution in [0.4, 0.5) is 11.4 Å². The monoisotopic (exact) mass is 305 g/mol. The van der Waals surface area contributed by atoms with Crippen LogP contribution in [0.5, 0.6) is 0 Å². The Balaban J connectivity index is 2.40. The first kappa shape index (κ1) is 12.6. The smallest absolute Gasteiger partial charge is 0.335 e. The summed E-state index contributed by atoms with van der Waals surface area (Å²) in [5, 5.41) is 8.99. The van der Waals surface area contributed by atoms with Crippen LogP contribution < -0.4 is 4.90 Å². The van der Waals surface area contributed by atoms with Crippen LogP contribution in [0.2, 0.25) is 0 Å². The summed E-state index contributed by atoms with van der Waals surface area (Å²) in [6.45, 7) is 0. The lowest BCUT2D eigenvalue weighted by Gasteiger charge is -2.21. The Morgan fingerprint density at radius 1 is 1.17 bits per heavy atom. The average Bonchev–Trinajstić information content (AvgIpc) is 2.38. The number of hydrogen-bond donors (Lipinski definition) is 1. The number of rotatable bonds is 3. The largest absolute Gasteiger partial charge is 0.478 e. The molecular formula is C14H12BrNO2. The maximum Gasteiger partial charge on any atom is 0.335 e. The number of para-hydroxylation sites is 1. The Kier molecular flexibility index (Phi) is 3.67. The van der Waals surface area contributed by atoms with Crippen LogP contribution in [0.25, 0.3) is 0 Å². The van der Waals surface area contributed by atoms with Crippen LogP contribution in [0.3, 0.4) is 0 Å². The molecule has 0 aliphatic heterocycles. The van der Waals surface area contributed by atoms with Crippen molar-refractivity contribution in [1.82, 2.24) is 0 Å². The molecular weight excluding hydrogens is 294 g/mol. The van der Waals surface area contributed by atoms with E-state index >= 15 is 0 Å². The highest BCUT2D eigenvalue weighted by atomic mass is 79.9. The topological polar surface area (TPSA) is 40.5 Å². The molecule has 0 fully saturated rings. The summed E-state index contributed by atoms with van der Waals surface area (Å²) in [4.78, 5) is 12.9. The molecule has 2 aromatic rings. The molecule has 0 atom stereocenters. The van der Waals surface area contributed by atoms with E-state index < -0.39 is 5.97 Å². The van der Waals surface area contributed by atoms with Gasteiger partial charge in [-0.15, -0.1) is 0 Å². The molecule has 0 aliphatic rings. The first-order chi connectivity index (χ1) is 8.59. The number of carboxylic acids is 1. The molecule has 0 radical (unpaired) electrons. The number of nitrogens with zero attached hydrogens (tertiary/aromatic N) is 1. The van der Waals surface area contributed by atoms with Gasteiger partial charge in [-0.25, -0.2) is 4.79 Å². The first-order valence-electron chi connectivity index (χ1n) is 5.41. The van der Waals surface area contributed by atoms with E-state index in [-0.39, 0.29) is 5.56 Å². The fourth-order valence-corrected chi connectivity index (χ4v) is 2.26. The molecule has 0 spiro atoms. The minimum atomic E-state index is -0.919. The normalized spacial score (nSPS) is 10.1. The predicted molar refractivity (Wildman–Crippen MR) is 75.6 cm³/mol. The van der Waals surface area contributed by atoms with Crippen molar-refractivity contribution in [3.8, 4) is 0 Å². The highest BCUT2D eigenvalue weighted by Gasteiger charge is 2.09. The van der Waals surface area contributed by atoms with Crippen LogP contribution in [0.15, 0.2) is 53.0 Å². The Morgan fingerprint density at radius 3 is 2.56 bits per heavy atom. The zero-order valence-electron chi connectivity index (χ0n) is 9.80. The van der Waals surface area contributed by atoms with E-state index in [9.17, 15) is 4.79 Å². The number of benzene rings is 2. The SMILES string of the molecule is CN(c1cccc(C(=O)O)c1)c1ccccc1Br. The number of hydrogen-bond acceptors (Lipinski definition) is 2. The van der Waals surface area contributed by atoms with Crippen molar-refractivity contribution >= 4 is 33.3 Å². The molecule has 0 amide bonds. The van der Waals surface area contributed by atoms with Gasteiger partial charge in [0.1, 0.15) is 0 Å². The lowest BCUT2D eigenvalue weighted by molar-refractivity contribution is 0.0697. The van der Waals surface area contributed by atoms with Crippen molar-refractivity contribution in [1.29, 1.82) is 0 Å². The van der Waals surface area contributed by atoms with Gasteiger partial charge in [0.25, 0.3) is 0 Å². The number of halogens is 1. The molecule has 4 heteroatoms. The van der Waals surface area contributed by atoms with Crippen LogP contribution in [0, 0.1) is 0 Å². The van der Waals surface area contributed by atoms with Crippen molar-refractivity contribution in [2.75, 3.05) is 11.9 Å². The van der Waals surface area contributed by atoms with E-state index in [1.165, 1.54) is 0 Å². The third kappa shape index (κ3) is 2.54. The van der Waals surface area contributed by atoms with Crippen LogP contribution in [-0.2, 0) is 0 Å². The van der Waals surface area contributed by atoms with Gasteiger partial charge >= 0.3 is 5.97 Å². The number of carboxylic acid groups (broad SMARTS) is 1. The third-order valence-electron chi connectivity index (χ3n) is 2.69. The fourth-order valence-electron chi connectivity index (χ4n) is 1.71. The van der Waals surface area contributed by atoms with E-state index in [4.69, 9.17) is 5.11 Å². The van der Waals surface area contributed by atoms with E-state index in [1.807, 2.05) is 42.3 Å². The number of anilines is 2. The molecule has 0 bridgehead atoms. The zero-order chi connectivity index (χ0) is 13.1. The molecule has 18 heavy (non-hydrogen) atoms. The minimum Gasteiger partial charge on any atom is -0.478 e. The second-order valence-electron chi connectivity index (χ2n) is 3.87. The van der Waals surface area contributed by atoms with Crippen molar-refractivity contribution in [3.05, 3.63) is 58.6 Å². The van der Waals surface area contributed by atoms with Gasteiger partial charge in [0.2, 0.25) is 0 Å². The fraction of sp³-hybridized carbons (Fsp3) is 0.0714. The molecule has 2 aromatic carbocycles. The van der Waals surface area contributed by atoms with E-state index in [0.29, 0.717) is 0 Å². The summed E-state index contributed by atoms with van der Waals surface area (Å²) in [7, 11) is 1.90. The van der Waals surface area contributed by atoms with Crippen molar-refractivity contribution < 1.29 is 9.90 Å². The summed E-state index contributed by atoms with van der Waals surface area (Å²) in [5.41, 5.74) is 2.10.